The zero-order chi connectivity index (χ0) is 12.3. The summed E-state index contributed by atoms with van der Waals surface area (Å²) in [5.41, 5.74) is 3.38. The standard InChI is InChI=1S/C13H20N2O/c1-9(2)12-7-6-11(8-10(12)3)14-13(16)15(4)5/h6-9H,1-5H3,(H,14,16). The number of aryl methyl sites for hydroxylation is 1. The van der Waals surface area contributed by atoms with Crippen LogP contribution in [0.4, 0.5) is 10.5 Å². The first kappa shape index (κ1) is 12.6. The van der Waals surface area contributed by atoms with Crippen molar-refractivity contribution in [2.75, 3.05) is 19.4 Å². The van der Waals surface area contributed by atoms with Crippen molar-refractivity contribution in [1.82, 2.24) is 4.90 Å². The molecule has 2 amide bonds. The van der Waals surface area contributed by atoms with Gasteiger partial charge in [-0.3, -0.25) is 0 Å². The SMILES string of the molecule is Cc1cc(NC(=O)N(C)C)ccc1C(C)C. The maximum atomic E-state index is 11.5. The minimum Gasteiger partial charge on any atom is -0.331 e. The third-order valence-corrected chi connectivity index (χ3v) is 2.55. The summed E-state index contributed by atoms with van der Waals surface area (Å²) in [6, 6.07) is 5.93. The van der Waals surface area contributed by atoms with Crippen LogP contribution in [-0.4, -0.2) is 25.0 Å². The van der Waals surface area contributed by atoms with Gasteiger partial charge in [-0.05, 0) is 36.1 Å². The summed E-state index contributed by atoms with van der Waals surface area (Å²) in [6.07, 6.45) is 0. The third kappa shape index (κ3) is 2.99. The molecule has 0 fully saturated rings. The fraction of sp³-hybridized carbons (Fsp3) is 0.462. The predicted molar refractivity (Wildman–Crippen MR) is 68.0 cm³/mol. The van der Waals surface area contributed by atoms with Crippen LogP contribution in [0, 0.1) is 6.92 Å². The molecule has 0 radical (unpaired) electrons. The number of carbonyl (C=O) groups excluding carboxylic acids is 1. The van der Waals surface area contributed by atoms with E-state index in [2.05, 4.69) is 32.2 Å². The number of benzene rings is 1. The Labute approximate surface area is 97.5 Å². The molecule has 16 heavy (non-hydrogen) atoms. The summed E-state index contributed by atoms with van der Waals surface area (Å²) in [7, 11) is 3.45. The predicted octanol–water partition coefficient (Wildman–Crippen LogP) is 3.21. The minimum atomic E-state index is -0.100. The van der Waals surface area contributed by atoms with E-state index < -0.39 is 0 Å². The highest BCUT2D eigenvalue weighted by Crippen LogP contribution is 2.22. The minimum absolute atomic E-state index is 0.100. The number of amides is 2. The average Bonchev–Trinajstić information content (AvgIpc) is 2.16. The van der Waals surface area contributed by atoms with Crippen LogP contribution in [0.2, 0.25) is 0 Å². The van der Waals surface area contributed by atoms with Crippen molar-refractivity contribution in [2.24, 2.45) is 0 Å². The van der Waals surface area contributed by atoms with Gasteiger partial charge in [0, 0.05) is 19.8 Å². The van der Waals surface area contributed by atoms with Gasteiger partial charge in [-0.25, -0.2) is 4.79 Å². The second-order valence-corrected chi connectivity index (χ2v) is 4.55. The van der Waals surface area contributed by atoms with E-state index in [-0.39, 0.29) is 6.03 Å². The third-order valence-electron chi connectivity index (χ3n) is 2.55. The van der Waals surface area contributed by atoms with Crippen LogP contribution in [-0.2, 0) is 0 Å². The van der Waals surface area contributed by atoms with Crippen molar-refractivity contribution < 1.29 is 4.79 Å². The highest BCUT2D eigenvalue weighted by atomic mass is 16.2. The van der Waals surface area contributed by atoms with Gasteiger partial charge in [0.15, 0.2) is 0 Å². The van der Waals surface area contributed by atoms with Crippen LogP contribution in [0.15, 0.2) is 18.2 Å². The smallest absolute Gasteiger partial charge is 0.321 e. The fourth-order valence-corrected chi connectivity index (χ4v) is 1.64. The summed E-state index contributed by atoms with van der Waals surface area (Å²) in [5.74, 6) is 0.513. The summed E-state index contributed by atoms with van der Waals surface area (Å²) in [6.45, 7) is 6.40. The number of nitrogens with zero attached hydrogens (tertiary/aromatic N) is 1. The molecule has 0 heterocycles. The molecule has 0 saturated carbocycles. The number of hydrogen-bond acceptors (Lipinski definition) is 1. The molecule has 3 nitrogen and oxygen atoms in total. The van der Waals surface area contributed by atoms with Crippen LogP contribution in [0.1, 0.15) is 30.9 Å². The summed E-state index contributed by atoms with van der Waals surface area (Å²) < 4.78 is 0. The Morgan fingerprint density at radius 2 is 1.94 bits per heavy atom. The lowest BCUT2D eigenvalue weighted by molar-refractivity contribution is 0.230. The zero-order valence-corrected chi connectivity index (χ0v) is 10.7. The molecule has 0 aromatic heterocycles. The van der Waals surface area contributed by atoms with Crippen molar-refractivity contribution >= 4 is 11.7 Å². The largest absolute Gasteiger partial charge is 0.331 e. The van der Waals surface area contributed by atoms with Crippen molar-refractivity contribution in [3.8, 4) is 0 Å². The number of rotatable bonds is 2. The van der Waals surface area contributed by atoms with Crippen molar-refractivity contribution in [3.63, 3.8) is 0 Å². The van der Waals surface area contributed by atoms with Crippen molar-refractivity contribution in [2.45, 2.75) is 26.7 Å². The number of carbonyl (C=O) groups is 1. The quantitative estimate of drug-likeness (QED) is 0.815. The van der Waals surface area contributed by atoms with Gasteiger partial charge in [-0.2, -0.15) is 0 Å². The van der Waals surface area contributed by atoms with E-state index >= 15 is 0 Å². The Hall–Kier alpha value is -1.51. The summed E-state index contributed by atoms with van der Waals surface area (Å²) in [4.78, 5) is 13.0. The highest BCUT2D eigenvalue weighted by Gasteiger charge is 2.07. The molecule has 0 aliphatic heterocycles. The topological polar surface area (TPSA) is 32.3 Å². The Bertz CT molecular complexity index is 384. The highest BCUT2D eigenvalue weighted by molar-refractivity contribution is 5.89. The van der Waals surface area contributed by atoms with Gasteiger partial charge in [0.2, 0.25) is 0 Å². The first-order valence-electron chi connectivity index (χ1n) is 5.50. The molecular formula is C13H20N2O. The van der Waals surface area contributed by atoms with Crippen LogP contribution < -0.4 is 5.32 Å². The molecule has 0 bridgehead atoms. The number of anilines is 1. The van der Waals surface area contributed by atoms with Gasteiger partial charge in [-0.1, -0.05) is 19.9 Å². The van der Waals surface area contributed by atoms with Gasteiger partial charge in [-0.15, -0.1) is 0 Å². The molecule has 0 unspecified atom stereocenters. The molecular weight excluding hydrogens is 200 g/mol. The van der Waals surface area contributed by atoms with E-state index in [1.165, 1.54) is 16.0 Å². The van der Waals surface area contributed by atoms with Crippen LogP contribution >= 0.6 is 0 Å². The lowest BCUT2D eigenvalue weighted by Gasteiger charge is -2.14. The zero-order valence-electron chi connectivity index (χ0n) is 10.7. The summed E-state index contributed by atoms with van der Waals surface area (Å²) >= 11 is 0. The average molecular weight is 220 g/mol. The van der Waals surface area contributed by atoms with E-state index in [4.69, 9.17) is 0 Å². The Morgan fingerprint density at radius 3 is 2.38 bits per heavy atom. The van der Waals surface area contributed by atoms with Crippen LogP contribution in [0.3, 0.4) is 0 Å². The molecule has 0 aliphatic carbocycles. The maximum Gasteiger partial charge on any atom is 0.321 e. The summed E-state index contributed by atoms with van der Waals surface area (Å²) in [5, 5.41) is 2.84. The molecule has 1 rings (SSSR count). The molecule has 1 aromatic carbocycles. The number of nitrogens with one attached hydrogen (secondary N) is 1. The number of urea groups is 1. The molecule has 1 N–H and O–H groups in total. The first-order chi connectivity index (χ1) is 7.41. The lowest BCUT2D eigenvalue weighted by Crippen LogP contribution is -2.27. The Morgan fingerprint density at radius 1 is 1.31 bits per heavy atom. The Balaban J connectivity index is 2.85. The van der Waals surface area contributed by atoms with E-state index in [1.807, 2.05) is 12.1 Å². The van der Waals surface area contributed by atoms with E-state index in [0.717, 1.165) is 5.69 Å². The normalized spacial score (nSPS) is 10.4. The van der Waals surface area contributed by atoms with Crippen molar-refractivity contribution in [3.05, 3.63) is 29.3 Å². The molecule has 0 aliphatic rings. The van der Waals surface area contributed by atoms with E-state index in [1.54, 1.807) is 14.1 Å². The second kappa shape index (κ2) is 5.01. The van der Waals surface area contributed by atoms with E-state index in [0.29, 0.717) is 5.92 Å². The maximum absolute atomic E-state index is 11.5. The molecule has 0 atom stereocenters. The van der Waals surface area contributed by atoms with Crippen LogP contribution in [0.5, 0.6) is 0 Å². The van der Waals surface area contributed by atoms with Gasteiger partial charge in [0.25, 0.3) is 0 Å². The van der Waals surface area contributed by atoms with E-state index in [9.17, 15) is 4.79 Å². The lowest BCUT2D eigenvalue weighted by atomic mass is 9.98. The van der Waals surface area contributed by atoms with Gasteiger partial charge in [0.1, 0.15) is 0 Å². The van der Waals surface area contributed by atoms with Gasteiger partial charge >= 0.3 is 6.03 Å². The molecule has 88 valence electrons. The molecule has 0 spiro atoms. The molecule has 3 heteroatoms. The van der Waals surface area contributed by atoms with Crippen molar-refractivity contribution in [1.29, 1.82) is 0 Å². The Kier molecular flexibility index (Phi) is 3.93. The molecule has 1 aromatic rings. The van der Waals surface area contributed by atoms with Gasteiger partial charge < -0.3 is 10.2 Å². The first-order valence-corrected chi connectivity index (χ1v) is 5.50. The number of hydrogen-bond donors (Lipinski definition) is 1. The second-order valence-electron chi connectivity index (χ2n) is 4.55. The molecule has 0 saturated heterocycles. The fourth-order valence-electron chi connectivity index (χ4n) is 1.64. The monoisotopic (exact) mass is 220 g/mol. The van der Waals surface area contributed by atoms with Gasteiger partial charge in [0.05, 0.1) is 0 Å². The van der Waals surface area contributed by atoms with Crippen LogP contribution in [0.25, 0.3) is 0 Å².